The van der Waals surface area contributed by atoms with Gasteiger partial charge in [0.15, 0.2) is 17.7 Å². The lowest BCUT2D eigenvalue weighted by Gasteiger charge is -2.28. The summed E-state index contributed by atoms with van der Waals surface area (Å²) in [5, 5.41) is 10.9. The van der Waals surface area contributed by atoms with Gasteiger partial charge >= 0.3 is 5.97 Å². The molecule has 3 aliphatic heterocycles. The molecule has 0 aliphatic carbocycles. The Kier molecular flexibility index (Phi) is 9.15. The predicted molar refractivity (Wildman–Crippen MR) is 213 cm³/mol. The second-order valence-electron chi connectivity index (χ2n) is 15.0. The number of H-pyrrole nitrogens is 1. The molecule has 5 heterocycles. The molecular formula is C44H40BrN5O6. The lowest BCUT2D eigenvalue weighted by molar-refractivity contribution is -0.148. The van der Waals surface area contributed by atoms with Crippen LogP contribution in [0.25, 0.3) is 10.9 Å². The van der Waals surface area contributed by atoms with Crippen molar-refractivity contribution in [1.82, 2.24) is 20.6 Å². The van der Waals surface area contributed by atoms with Crippen molar-refractivity contribution >= 4 is 50.3 Å². The summed E-state index contributed by atoms with van der Waals surface area (Å²) < 4.78 is 20.0. The first-order chi connectivity index (χ1) is 27.2. The van der Waals surface area contributed by atoms with Crippen molar-refractivity contribution in [3.63, 3.8) is 0 Å². The van der Waals surface area contributed by atoms with Crippen LogP contribution in [0.1, 0.15) is 76.3 Å². The third-order valence-electron chi connectivity index (χ3n) is 11.1. The van der Waals surface area contributed by atoms with E-state index in [0.717, 1.165) is 48.9 Å². The van der Waals surface area contributed by atoms with Gasteiger partial charge in [-0.2, -0.15) is 0 Å². The smallest absolute Gasteiger partial charge is 0.306 e. The molecule has 2 amide bonds. The Hall–Kier alpha value is -5.88. The van der Waals surface area contributed by atoms with Crippen LogP contribution in [0.5, 0.6) is 5.75 Å². The minimum atomic E-state index is -1.13. The van der Waals surface area contributed by atoms with Crippen LogP contribution in [-0.4, -0.2) is 40.5 Å². The maximum atomic E-state index is 14.5. The molecule has 6 aromatic rings. The van der Waals surface area contributed by atoms with E-state index in [1.807, 2.05) is 105 Å². The summed E-state index contributed by atoms with van der Waals surface area (Å²) in [6, 6.07) is 28.5. The van der Waals surface area contributed by atoms with Gasteiger partial charge in [0, 0.05) is 39.2 Å². The number of hydrogen-bond acceptors (Lipinski definition) is 8. The summed E-state index contributed by atoms with van der Waals surface area (Å²) >= 11 is 3.73. The molecule has 0 fully saturated rings. The SMILES string of the molecule is CC(C)[C@@H]1NC(=O)[C@@H](CC(=O)OCc2ccccc2)Cc2ccc3c(c2)C2(c4cccc(Br)c4N[C@H]2O3)c2oc1nc2C(=O)NCCc1c[nH]c2ccccc12. The van der Waals surface area contributed by atoms with E-state index in [1.54, 1.807) is 0 Å². The van der Waals surface area contributed by atoms with Crippen LogP contribution in [0.15, 0.2) is 106 Å². The van der Waals surface area contributed by atoms with E-state index in [0.29, 0.717) is 24.5 Å². The minimum Gasteiger partial charge on any atom is -0.469 e. The number of halogens is 1. The van der Waals surface area contributed by atoms with Crippen LogP contribution in [0.2, 0.25) is 0 Å². The molecule has 1 spiro atoms. The van der Waals surface area contributed by atoms with Gasteiger partial charge in [-0.3, -0.25) is 14.4 Å². The molecular weight excluding hydrogens is 774 g/mol. The number of carbonyl (C=O) groups is 3. The standard InChI is InChI=1S/C44H40BrN5O6/c1-24(2)36-42-49-38(41(53)46-18-17-27-22-47-33-14-7-6-11-29(27)33)39(56-42)44-30-12-8-13-32(45)37(30)50-43(44)55-34-16-15-26(20-31(34)44)19-28(40(52)48-36)21-35(51)54-23-25-9-4-3-5-10-25/h3-16,20,22,24,28,36,43,47,50H,17-19,21,23H2,1-2H3,(H,46,53)(H,48,52)/t28-,36+,43+,44?/m1/s1. The number of aromatic amines is 1. The quantitative estimate of drug-likeness (QED) is 0.110. The van der Waals surface area contributed by atoms with Gasteiger partial charge < -0.3 is 34.8 Å². The van der Waals surface area contributed by atoms with Crippen LogP contribution in [0.4, 0.5) is 5.69 Å². The Morgan fingerprint density at radius 2 is 1.82 bits per heavy atom. The van der Waals surface area contributed by atoms with Crippen molar-refractivity contribution in [3.05, 3.63) is 147 Å². The maximum Gasteiger partial charge on any atom is 0.306 e. The zero-order chi connectivity index (χ0) is 38.6. The van der Waals surface area contributed by atoms with Gasteiger partial charge in [-0.15, -0.1) is 0 Å². The number of esters is 1. The monoisotopic (exact) mass is 813 g/mol. The molecule has 0 saturated heterocycles. The van der Waals surface area contributed by atoms with E-state index < -0.39 is 35.5 Å². The summed E-state index contributed by atoms with van der Waals surface area (Å²) in [4.78, 5) is 50.3. The van der Waals surface area contributed by atoms with Crippen molar-refractivity contribution in [2.75, 3.05) is 11.9 Å². The van der Waals surface area contributed by atoms with E-state index in [4.69, 9.17) is 18.9 Å². The predicted octanol–water partition coefficient (Wildman–Crippen LogP) is 7.49. The number of anilines is 1. The molecule has 4 bridgehead atoms. The zero-order valence-electron chi connectivity index (χ0n) is 30.9. The highest BCUT2D eigenvalue weighted by Gasteiger charge is 2.61. The lowest BCUT2D eigenvalue weighted by atomic mass is 9.72. The number of ether oxygens (including phenoxy) is 2. The number of carbonyl (C=O) groups excluding carboxylic acids is 3. The number of nitrogens with one attached hydrogen (secondary N) is 4. The first kappa shape index (κ1) is 35.8. The summed E-state index contributed by atoms with van der Waals surface area (Å²) in [6.45, 7) is 4.36. The average Bonchev–Trinajstić information content (AvgIpc) is 3.97. The molecule has 12 heteroatoms. The Labute approximate surface area is 331 Å². The van der Waals surface area contributed by atoms with Crippen molar-refractivity contribution < 1.29 is 28.3 Å². The van der Waals surface area contributed by atoms with E-state index >= 15 is 0 Å². The Morgan fingerprint density at radius 1 is 1.00 bits per heavy atom. The molecule has 0 radical (unpaired) electrons. The Morgan fingerprint density at radius 3 is 2.66 bits per heavy atom. The molecule has 1 unspecified atom stereocenters. The summed E-state index contributed by atoms with van der Waals surface area (Å²) in [7, 11) is 0. The van der Waals surface area contributed by atoms with Crippen LogP contribution in [0, 0.1) is 11.8 Å². The molecule has 11 nitrogen and oxygen atoms in total. The third kappa shape index (κ3) is 6.12. The van der Waals surface area contributed by atoms with Gasteiger partial charge in [0.1, 0.15) is 23.8 Å². The molecule has 0 saturated carbocycles. The first-order valence-electron chi connectivity index (χ1n) is 18.9. The van der Waals surface area contributed by atoms with Crippen LogP contribution in [-0.2, 0) is 39.2 Å². The average molecular weight is 815 g/mol. The van der Waals surface area contributed by atoms with Gasteiger partial charge in [0.05, 0.1) is 18.0 Å². The van der Waals surface area contributed by atoms with Crippen molar-refractivity contribution in [2.45, 2.75) is 57.4 Å². The number of fused-ring (bicyclic) bond motifs is 5. The van der Waals surface area contributed by atoms with Crippen molar-refractivity contribution in [1.29, 1.82) is 0 Å². The van der Waals surface area contributed by atoms with E-state index in [9.17, 15) is 14.4 Å². The van der Waals surface area contributed by atoms with Gasteiger partial charge in [0.2, 0.25) is 11.8 Å². The topological polar surface area (TPSA) is 148 Å². The van der Waals surface area contributed by atoms with Crippen molar-refractivity contribution in [3.8, 4) is 5.75 Å². The van der Waals surface area contributed by atoms with Gasteiger partial charge in [0.25, 0.3) is 5.91 Å². The highest BCUT2D eigenvalue weighted by molar-refractivity contribution is 9.10. The first-order valence-corrected chi connectivity index (χ1v) is 19.7. The number of para-hydroxylation sites is 2. The Balaban J connectivity index is 1.13. The van der Waals surface area contributed by atoms with Gasteiger partial charge in [-0.1, -0.05) is 86.6 Å². The molecule has 56 heavy (non-hydrogen) atoms. The maximum absolute atomic E-state index is 14.5. The van der Waals surface area contributed by atoms with E-state index in [2.05, 4.69) is 42.9 Å². The highest BCUT2D eigenvalue weighted by atomic mass is 79.9. The molecule has 2 aromatic heterocycles. The summed E-state index contributed by atoms with van der Waals surface area (Å²) in [6.07, 6.45) is 2.01. The number of hydrogen-bond donors (Lipinski definition) is 4. The van der Waals surface area contributed by atoms with Crippen molar-refractivity contribution in [2.24, 2.45) is 11.8 Å². The van der Waals surface area contributed by atoms with E-state index in [-0.39, 0.29) is 42.9 Å². The van der Waals surface area contributed by atoms with E-state index in [1.165, 1.54) is 0 Å². The number of benzene rings is 4. The van der Waals surface area contributed by atoms with Crippen LogP contribution in [0.3, 0.4) is 0 Å². The van der Waals surface area contributed by atoms with Gasteiger partial charge in [-0.05, 0) is 69.6 Å². The fourth-order valence-corrected chi connectivity index (χ4v) is 8.82. The highest BCUT2D eigenvalue weighted by Crippen LogP contribution is 2.59. The summed E-state index contributed by atoms with van der Waals surface area (Å²) in [5.74, 6) is -1.06. The lowest BCUT2D eigenvalue weighted by Crippen LogP contribution is -2.41. The normalized spacial score (nSPS) is 20.6. The Bertz CT molecular complexity index is 2490. The fraction of sp³-hybridized carbons (Fsp3) is 0.273. The number of rotatable bonds is 9. The summed E-state index contributed by atoms with van der Waals surface area (Å²) in [5.41, 5.74) is 5.22. The molecule has 4 N–H and O–H groups in total. The zero-order valence-corrected chi connectivity index (χ0v) is 32.4. The minimum absolute atomic E-state index is 0.108. The van der Waals surface area contributed by atoms with Crippen LogP contribution >= 0.6 is 15.9 Å². The third-order valence-corrected chi connectivity index (χ3v) is 11.8. The second kappa shape index (κ2) is 14.3. The second-order valence-corrected chi connectivity index (χ2v) is 15.9. The number of aromatic nitrogens is 2. The number of oxazole rings is 1. The number of nitrogens with zero attached hydrogens (tertiary/aromatic N) is 1. The molecule has 284 valence electrons. The molecule has 3 aliphatic rings. The molecule has 9 rings (SSSR count). The fourth-order valence-electron chi connectivity index (χ4n) is 8.34. The molecule has 4 atom stereocenters. The van der Waals surface area contributed by atoms with Crippen LogP contribution < -0.4 is 20.7 Å². The largest absolute Gasteiger partial charge is 0.469 e. The molecule has 4 aromatic carbocycles. The number of amides is 2. The van der Waals surface area contributed by atoms with Gasteiger partial charge in [-0.25, -0.2) is 4.98 Å².